The first-order valence-corrected chi connectivity index (χ1v) is 9.15. The van der Waals surface area contributed by atoms with Gasteiger partial charge in [0, 0.05) is 37.7 Å². The number of nitrogens with zero attached hydrogens (tertiary/aromatic N) is 2. The Balaban J connectivity index is 1.42. The van der Waals surface area contributed by atoms with E-state index in [0.29, 0.717) is 17.3 Å². The standard InChI is InChI=1S/C19H22Cl2N2O2/c20-15-5-7-17(8-6-15)25-14-16(24)13-22-9-11-23(12-10-22)19-4-2-1-3-18(19)21/h1-8,16,24H,9-14H2/t16-/m1/s1. The van der Waals surface area contributed by atoms with Gasteiger partial charge in [-0.1, -0.05) is 35.3 Å². The van der Waals surface area contributed by atoms with Crippen molar-refractivity contribution >= 4 is 28.9 Å². The molecule has 0 aliphatic carbocycles. The Kier molecular flexibility index (Phi) is 6.43. The van der Waals surface area contributed by atoms with E-state index in [0.717, 1.165) is 36.9 Å². The molecule has 0 radical (unpaired) electrons. The van der Waals surface area contributed by atoms with Gasteiger partial charge in [-0.05, 0) is 36.4 Å². The predicted octanol–water partition coefficient (Wildman–Crippen LogP) is 3.56. The molecule has 1 fully saturated rings. The summed E-state index contributed by atoms with van der Waals surface area (Å²) in [6.45, 7) is 4.45. The van der Waals surface area contributed by atoms with Gasteiger partial charge >= 0.3 is 0 Å². The maximum atomic E-state index is 10.2. The second kappa shape index (κ2) is 8.77. The summed E-state index contributed by atoms with van der Waals surface area (Å²) in [6, 6.07) is 15.1. The van der Waals surface area contributed by atoms with Crippen molar-refractivity contribution in [1.29, 1.82) is 0 Å². The summed E-state index contributed by atoms with van der Waals surface area (Å²) >= 11 is 12.1. The Labute approximate surface area is 158 Å². The fourth-order valence-electron chi connectivity index (χ4n) is 2.95. The number of ether oxygens (including phenoxy) is 1. The molecule has 2 aromatic rings. The van der Waals surface area contributed by atoms with Crippen molar-refractivity contribution in [2.75, 3.05) is 44.2 Å². The number of halogens is 2. The van der Waals surface area contributed by atoms with Crippen molar-refractivity contribution in [3.8, 4) is 5.75 Å². The van der Waals surface area contributed by atoms with Gasteiger partial charge in [0.05, 0.1) is 10.7 Å². The number of β-amino-alcohol motifs (C(OH)–C–C–N with tert-alkyl or cyclic N) is 1. The van der Waals surface area contributed by atoms with Crippen molar-refractivity contribution in [2.24, 2.45) is 0 Å². The lowest BCUT2D eigenvalue weighted by atomic mass is 10.2. The molecule has 1 atom stereocenters. The lowest BCUT2D eigenvalue weighted by Gasteiger charge is -2.37. The fourth-order valence-corrected chi connectivity index (χ4v) is 3.33. The molecule has 4 nitrogen and oxygen atoms in total. The van der Waals surface area contributed by atoms with E-state index in [1.54, 1.807) is 24.3 Å². The van der Waals surface area contributed by atoms with Crippen molar-refractivity contribution in [1.82, 2.24) is 4.90 Å². The Bertz CT molecular complexity index is 673. The van der Waals surface area contributed by atoms with E-state index in [1.807, 2.05) is 24.3 Å². The van der Waals surface area contributed by atoms with Crippen LogP contribution in [0.5, 0.6) is 5.75 Å². The maximum Gasteiger partial charge on any atom is 0.119 e. The number of piperazine rings is 1. The highest BCUT2D eigenvalue weighted by atomic mass is 35.5. The minimum Gasteiger partial charge on any atom is -0.491 e. The second-order valence-corrected chi connectivity index (χ2v) is 7.00. The lowest BCUT2D eigenvalue weighted by Crippen LogP contribution is -2.49. The summed E-state index contributed by atoms with van der Waals surface area (Å²) in [5.74, 6) is 0.715. The van der Waals surface area contributed by atoms with Crippen LogP contribution in [0.2, 0.25) is 10.0 Å². The molecule has 134 valence electrons. The number of aliphatic hydroxyl groups excluding tert-OH is 1. The normalized spacial score (nSPS) is 16.7. The molecule has 1 aliphatic heterocycles. The van der Waals surface area contributed by atoms with Gasteiger partial charge in [-0.25, -0.2) is 0 Å². The fraction of sp³-hybridized carbons (Fsp3) is 0.368. The van der Waals surface area contributed by atoms with Crippen molar-refractivity contribution in [3.05, 3.63) is 58.6 Å². The van der Waals surface area contributed by atoms with Crippen LogP contribution in [0.25, 0.3) is 0 Å². The molecule has 0 aromatic heterocycles. The number of anilines is 1. The zero-order valence-electron chi connectivity index (χ0n) is 13.9. The molecule has 0 saturated carbocycles. The molecule has 2 aromatic carbocycles. The number of hydrogen-bond donors (Lipinski definition) is 1. The average Bonchev–Trinajstić information content (AvgIpc) is 2.62. The molecule has 1 heterocycles. The zero-order valence-corrected chi connectivity index (χ0v) is 15.5. The van der Waals surface area contributed by atoms with Crippen LogP contribution in [0, 0.1) is 0 Å². The molecule has 0 amide bonds. The molecule has 1 saturated heterocycles. The van der Waals surface area contributed by atoms with Gasteiger partial charge in [-0.2, -0.15) is 0 Å². The zero-order chi connectivity index (χ0) is 17.6. The summed E-state index contributed by atoms with van der Waals surface area (Å²) in [6.07, 6.45) is -0.525. The van der Waals surface area contributed by atoms with Gasteiger partial charge in [0.1, 0.15) is 18.5 Å². The quantitative estimate of drug-likeness (QED) is 0.830. The van der Waals surface area contributed by atoms with Gasteiger partial charge in [0.15, 0.2) is 0 Å². The number of hydrogen-bond acceptors (Lipinski definition) is 4. The van der Waals surface area contributed by atoms with Crippen LogP contribution in [-0.2, 0) is 0 Å². The molecule has 0 unspecified atom stereocenters. The monoisotopic (exact) mass is 380 g/mol. The van der Waals surface area contributed by atoms with Gasteiger partial charge in [-0.15, -0.1) is 0 Å². The molecule has 6 heteroatoms. The van der Waals surface area contributed by atoms with Crippen molar-refractivity contribution < 1.29 is 9.84 Å². The predicted molar refractivity (Wildman–Crippen MR) is 103 cm³/mol. The molecule has 0 bridgehead atoms. The van der Waals surface area contributed by atoms with Gasteiger partial charge < -0.3 is 14.7 Å². The van der Waals surface area contributed by atoms with E-state index in [2.05, 4.69) is 9.80 Å². The van der Waals surface area contributed by atoms with E-state index < -0.39 is 6.10 Å². The van der Waals surface area contributed by atoms with Gasteiger partial charge in [0.2, 0.25) is 0 Å². The molecule has 1 aliphatic rings. The van der Waals surface area contributed by atoms with E-state index in [1.165, 1.54) is 0 Å². The maximum absolute atomic E-state index is 10.2. The summed E-state index contributed by atoms with van der Waals surface area (Å²) in [5, 5.41) is 11.7. The third-order valence-corrected chi connectivity index (χ3v) is 4.86. The Hall–Kier alpha value is -1.46. The number of rotatable bonds is 6. The van der Waals surface area contributed by atoms with Crippen LogP contribution >= 0.6 is 23.2 Å². The van der Waals surface area contributed by atoms with Crippen LogP contribution in [-0.4, -0.2) is 55.4 Å². The van der Waals surface area contributed by atoms with E-state index >= 15 is 0 Å². The van der Waals surface area contributed by atoms with Crippen LogP contribution in [0.15, 0.2) is 48.5 Å². The number of aliphatic hydroxyl groups is 1. The largest absolute Gasteiger partial charge is 0.491 e. The number of para-hydroxylation sites is 1. The third-order valence-electron chi connectivity index (χ3n) is 4.29. The first kappa shape index (κ1) is 18.3. The molecular formula is C19H22Cl2N2O2. The SMILES string of the molecule is O[C@@H](COc1ccc(Cl)cc1)CN1CCN(c2ccccc2Cl)CC1. The highest BCUT2D eigenvalue weighted by Crippen LogP contribution is 2.26. The van der Waals surface area contributed by atoms with Crippen LogP contribution in [0.4, 0.5) is 5.69 Å². The smallest absolute Gasteiger partial charge is 0.119 e. The Morgan fingerprint density at radius 1 is 0.960 bits per heavy atom. The molecule has 25 heavy (non-hydrogen) atoms. The van der Waals surface area contributed by atoms with Gasteiger partial charge in [0.25, 0.3) is 0 Å². The van der Waals surface area contributed by atoms with Crippen molar-refractivity contribution in [2.45, 2.75) is 6.10 Å². The van der Waals surface area contributed by atoms with Crippen LogP contribution in [0.3, 0.4) is 0 Å². The molecule has 0 spiro atoms. The first-order chi connectivity index (χ1) is 12.1. The summed E-state index contributed by atoms with van der Waals surface area (Å²) in [4.78, 5) is 4.54. The van der Waals surface area contributed by atoms with Crippen LogP contribution in [0.1, 0.15) is 0 Å². The summed E-state index contributed by atoms with van der Waals surface area (Å²) < 4.78 is 5.61. The Morgan fingerprint density at radius 2 is 1.64 bits per heavy atom. The average molecular weight is 381 g/mol. The topological polar surface area (TPSA) is 35.9 Å². The van der Waals surface area contributed by atoms with E-state index in [4.69, 9.17) is 27.9 Å². The molecule has 1 N–H and O–H groups in total. The minimum atomic E-state index is -0.525. The lowest BCUT2D eigenvalue weighted by molar-refractivity contribution is 0.0663. The highest BCUT2D eigenvalue weighted by Gasteiger charge is 2.20. The van der Waals surface area contributed by atoms with Crippen molar-refractivity contribution in [3.63, 3.8) is 0 Å². The number of benzene rings is 2. The Morgan fingerprint density at radius 3 is 2.32 bits per heavy atom. The first-order valence-electron chi connectivity index (χ1n) is 8.40. The van der Waals surface area contributed by atoms with Crippen LogP contribution < -0.4 is 9.64 Å². The summed E-state index contributed by atoms with van der Waals surface area (Å²) in [5.41, 5.74) is 1.08. The van der Waals surface area contributed by atoms with E-state index in [9.17, 15) is 5.11 Å². The minimum absolute atomic E-state index is 0.270. The second-order valence-electron chi connectivity index (χ2n) is 6.16. The third kappa shape index (κ3) is 5.25. The highest BCUT2D eigenvalue weighted by molar-refractivity contribution is 6.33. The molecular weight excluding hydrogens is 359 g/mol. The summed E-state index contributed by atoms with van der Waals surface area (Å²) in [7, 11) is 0. The van der Waals surface area contributed by atoms with Gasteiger partial charge in [-0.3, -0.25) is 4.90 Å². The molecule has 3 rings (SSSR count). The van der Waals surface area contributed by atoms with E-state index in [-0.39, 0.29) is 6.61 Å².